The summed E-state index contributed by atoms with van der Waals surface area (Å²) in [6.45, 7) is 2.51. The van der Waals surface area contributed by atoms with Gasteiger partial charge < -0.3 is 14.8 Å². The molecule has 0 aliphatic carbocycles. The zero-order valence-electron chi connectivity index (χ0n) is 11.3. The smallest absolute Gasteiger partial charge is 0.306 e. The van der Waals surface area contributed by atoms with E-state index in [1.807, 2.05) is 24.3 Å². The van der Waals surface area contributed by atoms with Crippen LogP contribution in [0.25, 0.3) is 0 Å². The van der Waals surface area contributed by atoms with Gasteiger partial charge in [0.25, 0.3) is 0 Å². The first-order valence-corrected chi connectivity index (χ1v) is 6.21. The Bertz CT molecular complexity index is 414. The van der Waals surface area contributed by atoms with Gasteiger partial charge in [0, 0.05) is 13.0 Å². The number of benzene rings is 1. The van der Waals surface area contributed by atoms with E-state index in [1.165, 1.54) is 0 Å². The summed E-state index contributed by atoms with van der Waals surface area (Å²) in [6.07, 6.45) is 0.261. The lowest BCUT2D eigenvalue weighted by Gasteiger charge is -2.06. The Balaban J connectivity index is 2.27. The molecule has 0 atom stereocenters. The van der Waals surface area contributed by atoms with Gasteiger partial charge >= 0.3 is 5.97 Å². The Hall–Kier alpha value is -2.04. The van der Waals surface area contributed by atoms with Crippen LogP contribution in [0.2, 0.25) is 0 Å². The molecule has 0 saturated heterocycles. The molecule has 0 saturated carbocycles. The molecule has 5 heteroatoms. The van der Waals surface area contributed by atoms with Crippen LogP contribution < -0.4 is 10.1 Å². The Labute approximate surface area is 112 Å². The molecule has 0 heterocycles. The van der Waals surface area contributed by atoms with Crippen molar-refractivity contribution in [3.05, 3.63) is 29.8 Å². The van der Waals surface area contributed by atoms with Gasteiger partial charge in [-0.15, -0.1) is 0 Å². The third kappa shape index (κ3) is 5.90. The molecular weight excluding hydrogens is 246 g/mol. The van der Waals surface area contributed by atoms with Crippen molar-refractivity contribution in [1.29, 1.82) is 0 Å². The first kappa shape index (κ1) is 15.0. The number of amides is 1. The van der Waals surface area contributed by atoms with Crippen LogP contribution in [0.5, 0.6) is 5.75 Å². The summed E-state index contributed by atoms with van der Waals surface area (Å²) in [6, 6.07) is 7.43. The van der Waals surface area contributed by atoms with Crippen molar-refractivity contribution in [2.45, 2.75) is 26.3 Å². The molecule has 104 valence electrons. The molecule has 1 aromatic rings. The summed E-state index contributed by atoms with van der Waals surface area (Å²) < 4.78 is 9.79. The minimum atomic E-state index is -0.345. The fourth-order valence-corrected chi connectivity index (χ4v) is 1.48. The number of methoxy groups -OCH3 is 1. The molecule has 0 aliphatic heterocycles. The van der Waals surface area contributed by atoms with Crippen LogP contribution in [-0.2, 0) is 20.9 Å². The van der Waals surface area contributed by atoms with Crippen LogP contribution in [0.3, 0.4) is 0 Å². The van der Waals surface area contributed by atoms with Crippen LogP contribution in [-0.4, -0.2) is 25.6 Å². The zero-order chi connectivity index (χ0) is 14.1. The predicted molar refractivity (Wildman–Crippen MR) is 70.7 cm³/mol. The van der Waals surface area contributed by atoms with E-state index in [4.69, 9.17) is 9.47 Å². The van der Waals surface area contributed by atoms with Crippen LogP contribution in [0.1, 0.15) is 25.3 Å². The predicted octanol–water partition coefficient (Wildman–Crippen LogP) is 1.65. The standard InChI is InChI=1S/C14H19NO4/c1-3-19-14(17)9-8-13(16)15-10-11-4-6-12(18-2)7-5-11/h4-7H,3,8-10H2,1-2H3,(H,15,16). The lowest BCUT2D eigenvalue weighted by molar-refractivity contribution is -0.144. The molecule has 0 bridgehead atoms. The van der Waals surface area contributed by atoms with E-state index in [2.05, 4.69) is 5.32 Å². The molecule has 0 unspecified atom stereocenters. The molecule has 0 radical (unpaired) electrons. The van der Waals surface area contributed by atoms with Gasteiger partial charge in [0.2, 0.25) is 5.91 Å². The van der Waals surface area contributed by atoms with E-state index in [-0.39, 0.29) is 24.7 Å². The third-order valence-corrected chi connectivity index (χ3v) is 2.51. The van der Waals surface area contributed by atoms with Gasteiger partial charge in [0.1, 0.15) is 5.75 Å². The molecule has 0 spiro atoms. The van der Waals surface area contributed by atoms with Crippen molar-refractivity contribution in [3.63, 3.8) is 0 Å². The summed E-state index contributed by atoms with van der Waals surface area (Å²) in [7, 11) is 1.60. The Morgan fingerprint density at radius 1 is 1.16 bits per heavy atom. The van der Waals surface area contributed by atoms with Gasteiger partial charge in [0.05, 0.1) is 20.1 Å². The van der Waals surface area contributed by atoms with E-state index in [0.29, 0.717) is 13.2 Å². The molecule has 5 nitrogen and oxygen atoms in total. The normalized spacial score (nSPS) is 9.79. The molecule has 19 heavy (non-hydrogen) atoms. The summed E-state index contributed by atoms with van der Waals surface area (Å²) in [5.41, 5.74) is 0.977. The lowest BCUT2D eigenvalue weighted by atomic mass is 10.2. The zero-order valence-corrected chi connectivity index (χ0v) is 11.3. The van der Waals surface area contributed by atoms with Crippen LogP contribution >= 0.6 is 0 Å². The number of rotatable bonds is 7. The van der Waals surface area contributed by atoms with Gasteiger partial charge in [-0.1, -0.05) is 12.1 Å². The topological polar surface area (TPSA) is 64.6 Å². The van der Waals surface area contributed by atoms with Crippen molar-refractivity contribution in [1.82, 2.24) is 5.32 Å². The lowest BCUT2D eigenvalue weighted by Crippen LogP contribution is -2.23. The monoisotopic (exact) mass is 265 g/mol. The maximum Gasteiger partial charge on any atom is 0.306 e. The summed E-state index contributed by atoms with van der Waals surface area (Å²) in [4.78, 5) is 22.6. The Kier molecular flexibility index (Phi) is 6.43. The summed E-state index contributed by atoms with van der Waals surface area (Å²) >= 11 is 0. The molecular formula is C14H19NO4. The Morgan fingerprint density at radius 2 is 1.84 bits per heavy atom. The fourth-order valence-electron chi connectivity index (χ4n) is 1.48. The number of nitrogens with one attached hydrogen (secondary N) is 1. The quantitative estimate of drug-likeness (QED) is 0.761. The highest BCUT2D eigenvalue weighted by molar-refractivity contribution is 5.81. The van der Waals surface area contributed by atoms with E-state index in [0.717, 1.165) is 11.3 Å². The van der Waals surface area contributed by atoms with Crippen molar-refractivity contribution in [2.24, 2.45) is 0 Å². The molecule has 1 aromatic carbocycles. The third-order valence-electron chi connectivity index (χ3n) is 2.51. The Morgan fingerprint density at radius 3 is 2.42 bits per heavy atom. The largest absolute Gasteiger partial charge is 0.497 e. The van der Waals surface area contributed by atoms with Crippen molar-refractivity contribution in [2.75, 3.05) is 13.7 Å². The molecule has 0 aliphatic rings. The first-order valence-electron chi connectivity index (χ1n) is 6.21. The average molecular weight is 265 g/mol. The highest BCUT2D eigenvalue weighted by atomic mass is 16.5. The fraction of sp³-hybridized carbons (Fsp3) is 0.429. The second-order valence-electron chi connectivity index (χ2n) is 3.93. The summed E-state index contributed by atoms with van der Waals surface area (Å²) in [5.74, 6) is 0.267. The van der Waals surface area contributed by atoms with Gasteiger partial charge in [-0.3, -0.25) is 9.59 Å². The molecule has 1 rings (SSSR count). The van der Waals surface area contributed by atoms with Crippen molar-refractivity contribution < 1.29 is 19.1 Å². The minimum absolute atomic E-state index is 0.113. The number of ether oxygens (including phenoxy) is 2. The molecule has 1 amide bonds. The van der Waals surface area contributed by atoms with Crippen LogP contribution in [0.15, 0.2) is 24.3 Å². The number of hydrogen-bond donors (Lipinski definition) is 1. The average Bonchev–Trinajstić information content (AvgIpc) is 2.44. The van der Waals surface area contributed by atoms with Crippen LogP contribution in [0, 0.1) is 0 Å². The number of carbonyl (C=O) groups excluding carboxylic acids is 2. The van der Waals surface area contributed by atoms with Crippen molar-refractivity contribution >= 4 is 11.9 Å². The van der Waals surface area contributed by atoms with E-state index < -0.39 is 0 Å². The second kappa shape index (κ2) is 8.13. The highest BCUT2D eigenvalue weighted by Crippen LogP contribution is 2.10. The molecule has 0 aromatic heterocycles. The maximum atomic E-state index is 11.5. The van der Waals surface area contributed by atoms with E-state index >= 15 is 0 Å². The molecule has 0 fully saturated rings. The van der Waals surface area contributed by atoms with Gasteiger partial charge in [-0.05, 0) is 24.6 Å². The number of hydrogen-bond acceptors (Lipinski definition) is 4. The number of carbonyl (C=O) groups is 2. The number of esters is 1. The summed E-state index contributed by atoms with van der Waals surface area (Å²) in [5, 5.41) is 2.75. The van der Waals surface area contributed by atoms with Gasteiger partial charge in [-0.25, -0.2) is 0 Å². The van der Waals surface area contributed by atoms with Crippen LogP contribution in [0.4, 0.5) is 0 Å². The second-order valence-corrected chi connectivity index (χ2v) is 3.93. The van der Waals surface area contributed by atoms with Crippen molar-refractivity contribution in [3.8, 4) is 5.75 Å². The first-order chi connectivity index (χ1) is 9.15. The SMILES string of the molecule is CCOC(=O)CCC(=O)NCc1ccc(OC)cc1. The van der Waals surface area contributed by atoms with E-state index in [9.17, 15) is 9.59 Å². The van der Waals surface area contributed by atoms with Gasteiger partial charge in [-0.2, -0.15) is 0 Å². The van der Waals surface area contributed by atoms with E-state index in [1.54, 1.807) is 14.0 Å². The minimum Gasteiger partial charge on any atom is -0.497 e. The van der Waals surface area contributed by atoms with Gasteiger partial charge in [0.15, 0.2) is 0 Å². The molecule has 1 N–H and O–H groups in total. The maximum absolute atomic E-state index is 11.5. The highest BCUT2D eigenvalue weighted by Gasteiger charge is 2.07.